The van der Waals surface area contributed by atoms with Crippen molar-refractivity contribution in [2.45, 2.75) is 71.3 Å². The van der Waals surface area contributed by atoms with Crippen molar-refractivity contribution in [1.82, 2.24) is 5.48 Å². The molecule has 1 atom stereocenters. The summed E-state index contributed by atoms with van der Waals surface area (Å²) in [6.07, 6.45) is 5.48. The fourth-order valence-corrected chi connectivity index (χ4v) is 4.57. The van der Waals surface area contributed by atoms with Crippen LogP contribution < -0.4 is 5.48 Å². The number of aryl methyl sites for hydroxylation is 1. The molecule has 3 rings (SSSR count). The Kier molecular flexibility index (Phi) is 6.73. The van der Waals surface area contributed by atoms with Crippen LogP contribution in [0, 0.1) is 6.92 Å². The lowest BCUT2D eigenvalue weighted by Crippen LogP contribution is -2.34. The normalized spacial score (nSPS) is 17.9. The molecule has 2 N–H and O–H groups in total. The number of hydrogen-bond donors (Lipinski definition) is 2. The number of carbonyl (C=O) groups excluding carboxylic acids is 1. The summed E-state index contributed by atoms with van der Waals surface area (Å²) in [5, 5.41) is 10.1. The molecule has 0 saturated heterocycles. The van der Waals surface area contributed by atoms with Crippen LogP contribution in [0.15, 0.2) is 42.5 Å². The highest BCUT2D eigenvalue weighted by atomic mass is 16.5. The predicted octanol–water partition coefficient (Wildman–Crippen LogP) is 5.99. The summed E-state index contributed by atoms with van der Waals surface area (Å²) in [7, 11) is 0. The van der Waals surface area contributed by atoms with Crippen LogP contribution >= 0.6 is 0 Å². The number of ether oxygens (including phenoxy) is 1. The monoisotopic (exact) mass is 421 g/mol. The molecular weight excluding hydrogens is 386 g/mol. The third-order valence-electron chi connectivity index (χ3n) is 6.62. The van der Waals surface area contributed by atoms with E-state index in [9.17, 15) is 10.0 Å². The smallest absolute Gasteiger partial charge is 0.330 e. The van der Waals surface area contributed by atoms with Crippen molar-refractivity contribution < 1.29 is 14.7 Å². The van der Waals surface area contributed by atoms with Crippen molar-refractivity contribution in [3.63, 3.8) is 0 Å². The molecule has 1 aliphatic rings. The van der Waals surface area contributed by atoms with Gasteiger partial charge in [-0.25, -0.2) is 4.79 Å². The van der Waals surface area contributed by atoms with Crippen LogP contribution in [0.2, 0.25) is 0 Å². The van der Waals surface area contributed by atoms with Crippen LogP contribution in [0.1, 0.15) is 86.9 Å². The standard InChI is InChI=1S/C27H35NO3/c1-7-31-24(29)12-11-19-9-8-10-20(16-19)25(28-30)21-17-23-22(15-18(21)2)26(3,4)13-14-27(23,5)6/h8-12,15-17,25,28,30H,7,13-14H2,1-6H3. The van der Waals surface area contributed by atoms with E-state index < -0.39 is 0 Å². The van der Waals surface area contributed by atoms with Gasteiger partial charge in [0.25, 0.3) is 0 Å². The fraction of sp³-hybridized carbons (Fsp3) is 0.444. The molecule has 1 unspecified atom stereocenters. The average molecular weight is 422 g/mol. The van der Waals surface area contributed by atoms with Crippen LogP contribution in [0.5, 0.6) is 0 Å². The second-order valence-electron chi connectivity index (χ2n) is 9.84. The largest absolute Gasteiger partial charge is 0.463 e. The fourth-order valence-electron chi connectivity index (χ4n) is 4.57. The molecule has 0 fully saturated rings. The highest BCUT2D eigenvalue weighted by Gasteiger charge is 2.38. The highest BCUT2D eigenvalue weighted by Crippen LogP contribution is 2.47. The number of rotatable bonds is 6. The summed E-state index contributed by atoms with van der Waals surface area (Å²) < 4.78 is 4.96. The molecule has 4 nitrogen and oxygen atoms in total. The van der Waals surface area contributed by atoms with E-state index in [0.29, 0.717) is 6.61 Å². The van der Waals surface area contributed by atoms with Gasteiger partial charge in [0.2, 0.25) is 0 Å². The van der Waals surface area contributed by atoms with Crippen LogP contribution in [0.25, 0.3) is 6.08 Å². The highest BCUT2D eigenvalue weighted by molar-refractivity contribution is 5.87. The summed E-state index contributed by atoms with van der Waals surface area (Å²) in [5.74, 6) is -0.361. The van der Waals surface area contributed by atoms with Crippen molar-refractivity contribution in [3.05, 3.63) is 75.9 Å². The van der Waals surface area contributed by atoms with Gasteiger partial charge in [0, 0.05) is 6.08 Å². The van der Waals surface area contributed by atoms with Gasteiger partial charge in [0.05, 0.1) is 12.6 Å². The van der Waals surface area contributed by atoms with Crippen LogP contribution in [0.3, 0.4) is 0 Å². The molecule has 2 aromatic carbocycles. The first-order valence-electron chi connectivity index (χ1n) is 11.1. The first kappa shape index (κ1) is 23.2. The van der Waals surface area contributed by atoms with Gasteiger partial charge in [-0.05, 0) is 83.0 Å². The van der Waals surface area contributed by atoms with E-state index in [0.717, 1.165) is 28.7 Å². The quantitative estimate of drug-likeness (QED) is 0.342. The molecule has 166 valence electrons. The minimum Gasteiger partial charge on any atom is -0.463 e. The Morgan fingerprint density at radius 2 is 1.77 bits per heavy atom. The Labute approximate surface area is 186 Å². The van der Waals surface area contributed by atoms with Crippen molar-refractivity contribution in [1.29, 1.82) is 0 Å². The van der Waals surface area contributed by atoms with E-state index in [2.05, 4.69) is 52.2 Å². The Morgan fingerprint density at radius 3 is 2.39 bits per heavy atom. The third kappa shape index (κ3) is 4.91. The molecule has 0 heterocycles. The van der Waals surface area contributed by atoms with Gasteiger partial charge in [-0.15, -0.1) is 0 Å². The lowest BCUT2D eigenvalue weighted by Gasteiger charge is -2.42. The zero-order valence-electron chi connectivity index (χ0n) is 19.6. The van der Waals surface area contributed by atoms with Crippen LogP contribution in [-0.4, -0.2) is 17.8 Å². The number of benzene rings is 2. The van der Waals surface area contributed by atoms with Gasteiger partial charge in [-0.3, -0.25) is 0 Å². The van der Waals surface area contributed by atoms with Crippen molar-refractivity contribution in [2.24, 2.45) is 0 Å². The van der Waals surface area contributed by atoms with Gasteiger partial charge in [-0.1, -0.05) is 58.0 Å². The maximum atomic E-state index is 11.6. The number of esters is 1. The molecule has 0 aliphatic heterocycles. The summed E-state index contributed by atoms with van der Waals surface area (Å²) in [6.45, 7) is 13.5. The molecule has 0 spiro atoms. The second kappa shape index (κ2) is 8.97. The average Bonchev–Trinajstić information content (AvgIpc) is 2.72. The third-order valence-corrected chi connectivity index (χ3v) is 6.62. The molecule has 1 aliphatic carbocycles. The number of carbonyl (C=O) groups is 1. The number of nitrogens with one attached hydrogen (secondary N) is 1. The number of hydrogen-bond acceptors (Lipinski definition) is 4. The van der Waals surface area contributed by atoms with E-state index in [-0.39, 0.29) is 22.8 Å². The van der Waals surface area contributed by atoms with Crippen molar-refractivity contribution >= 4 is 12.0 Å². The topological polar surface area (TPSA) is 58.6 Å². The molecule has 0 aromatic heterocycles. The summed E-state index contributed by atoms with van der Waals surface area (Å²) in [6, 6.07) is 12.1. The second-order valence-corrected chi connectivity index (χ2v) is 9.84. The summed E-state index contributed by atoms with van der Waals surface area (Å²) >= 11 is 0. The number of fused-ring (bicyclic) bond motifs is 1. The van der Waals surface area contributed by atoms with Crippen LogP contribution in [-0.2, 0) is 20.4 Å². The lowest BCUT2D eigenvalue weighted by atomic mass is 9.62. The maximum Gasteiger partial charge on any atom is 0.330 e. The van der Waals surface area contributed by atoms with Gasteiger partial charge in [0.15, 0.2) is 0 Å². The minimum atomic E-state index is -0.361. The van der Waals surface area contributed by atoms with Gasteiger partial charge < -0.3 is 9.94 Å². The first-order chi connectivity index (χ1) is 14.6. The van der Waals surface area contributed by atoms with Gasteiger partial charge in [-0.2, -0.15) is 5.48 Å². The predicted molar refractivity (Wildman–Crippen MR) is 125 cm³/mol. The lowest BCUT2D eigenvalue weighted by molar-refractivity contribution is -0.137. The SMILES string of the molecule is CCOC(=O)C=Cc1cccc(C(NO)c2cc3c(cc2C)C(C)(C)CCC3(C)C)c1. The van der Waals surface area contributed by atoms with Crippen LogP contribution in [0.4, 0.5) is 0 Å². The molecule has 0 radical (unpaired) electrons. The van der Waals surface area contributed by atoms with E-state index in [4.69, 9.17) is 4.74 Å². The van der Waals surface area contributed by atoms with E-state index >= 15 is 0 Å². The van der Waals surface area contributed by atoms with E-state index in [1.165, 1.54) is 23.6 Å². The molecular formula is C27H35NO3. The molecule has 31 heavy (non-hydrogen) atoms. The minimum absolute atomic E-state index is 0.0948. The van der Waals surface area contributed by atoms with Gasteiger partial charge in [0.1, 0.15) is 0 Å². The molecule has 0 saturated carbocycles. The van der Waals surface area contributed by atoms with E-state index in [1.54, 1.807) is 13.0 Å². The number of hydroxylamine groups is 1. The Hall–Kier alpha value is -2.43. The molecule has 4 heteroatoms. The molecule has 2 aromatic rings. The maximum absolute atomic E-state index is 11.6. The van der Waals surface area contributed by atoms with E-state index in [1.807, 2.05) is 24.3 Å². The Balaban J connectivity index is 2.02. The zero-order chi connectivity index (χ0) is 22.8. The summed E-state index contributed by atoms with van der Waals surface area (Å²) in [5.41, 5.74) is 9.58. The van der Waals surface area contributed by atoms with Crippen molar-refractivity contribution in [3.8, 4) is 0 Å². The Morgan fingerprint density at radius 1 is 1.13 bits per heavy atom. The van der Waals surface area contributed by atoms with Gasteiger partial charge >= 0.3 is 5.97 Å². The Bertz CT molecular complexity index is 988. The molecule has 0 amide bonds. The molecule has 0 bridgehead atoms. The first-order valence-corrected chi connectivity index (χ1v) is 11.1. The van der Waals surface area contributed by atoms with Crippen molar-refractivity contribution in [2.75, 3.05) is 6.61 Å². The zero-order valence-corrected chi connectivity index (χ0v) is 19.6. The summed E-state index contributed by atoms with van der Waals surface area (Å²) in [4.78, 5) is 11.6.